The third kappa shape index (κ3) is 4.65. The van der Waals surface area contributed by atoms with Crippen molar-refractivity contribution in [2.24, 2.45) is 5.73 Å². The van der Waals surface area contributed by atoms with Gasteiger partial charge < -0.3 is 15.4 Å². The lowest BCUT2D eigenvalue weighted by Crippen LogP contribution is -2.26. The zero-order chi connectivity index (χ0) is 14.1. The number of para-hydroxylation sites is 2. The molecule has 4 nitrogen and oxygen atoms in total. The molecule has 0 saturated heterocycles. The van der Waals surface area contributed by atoms with Gasteiger partial charge in [-0.15, -0.1) is 6.42 Å². The highest BCUT2D eigenvalue weighted by atomic mass is 16.5. The molecule has 0 unspecified atom stereocenters. The Kier molecular flexibility index (Phi) is 6.48. The van der Waals surface area contributed by atoms with E-state index in [4.69, 9.17) is 16.9 Å². The zero-order valence-electron chi connectivity index (χ0n) is 11.3. The fourth-order valence-corrected chi connectivity index (χ4v) is 1.70. The van der Waals surface area contributed by atoms with E-state index in [-0.39, 0.29) is 12.5 Å². The van der Waals surface area contributed by atoms with E-state index < -0.39 is 0 Å². The summed E-state index contributed by atoms with van der Waals surface area (Å²) in [5.41, 5.74) is 6.15. The largest absolute Gasteiger partial charge is 0.479 e. The van der Waals surface area contributed by atoms with Crippen molar-refractivity contribution < 1.29 is 9.53 Å². The summed E-state index contributed by atoms with van der Waals surface area (Å²) in [5, 5.41) is 0. The quantitative estimate of drug-likeness (QED) is 0.600. The molecule has 0 aliphatic carbocycles. The lowest BCUT2D eigenvalue weighted by atomic mass is 10.2. The Balaban J connectivity index is 2.72. The molecule has 0 aromatic heterocycles. The smallest absolute Gasteiger partial charge is 0.226 e. The van der Waals surface area contributed by atoms with Crippen molar-refractivity contribution in [1.29, 1.82) is 0 Å². The van der Waals surface area contributed by atoms with E-state index in [9.17, 15) is 4.79 Å². The first kappa shape index (κ1) is 15.1. The molecule has 0 spiro atoms. The Bertz CT molecular complexity index is 452. The highest BCUT2D eigenvalue weighted by Gasteiger charge is 2.14. The summed E-state index contributed by atoms with van der Waals surface area (Å²) in [6.45, 7) is 0.797. The minimum atomic E-state index is 0.0465. The molecular formula is C15H20N2O2. The molecule has 0 atom stereocenters. The second-order valence-electron chi connectivity index (χ2n) is 4.16. The van der Waals surface area contributed by atoms with Gasteiger partial charge in [0.25, 0.3) is 0 Å². The number of terminal acetylenes is 1. The molecule has 2 N–H and O–H groups in total. The fraction of sp³-hybridized carbons (Fsp3) is 0.400. The maximum Gasteiger partial charge on any atom is 0.226 e. The number of nitrogens with two attached hydrogens (primary N) is 1. The van der Waals surface area contributed by atoms with Crippen LogP contribution in [0, 0.1) is 12.3 Å². The molecule has 0 heterocycles. The van der Waals surface area contributed by atoms with Crippen molar-refractivity contribution >= 4 is 11.6 Å². The first-order valence-electron chi connectivity index (χ1n) is 6.32. The number of amides is 1. The van der Waals surface area contributed by atoms with Crippen molar-refractivity contribution in [2.45, 2.75) is 19.3 Å². The zero-order valence-corrected chi connectivity index (χ0v) is 11.3. The predicted octanol–water partition coefficient (Wildman–Crippen LogP) is 1.79. The van der Waals surface area contributed by atoms with Crippen molar-refractivity contribution in [2.75, 3.05) is 25.1 Å². The molecule has 0 radical (unpaired) electrons. The van der Waals surface area contributed by atoms with E-state index in [2.05, 4.69) is 5.92 Å². The topological polar surface area (TPSA) is 55.6 Å². The molecule has 102 valence electrons. The van der Waals surface area contributed by atoms with E-state index in [0.29, 0.717) is 18.7 Å². The summed E-state index contributed by atoms with van der Waals surface area (Å²) in [7, 11) is 1.74. The second-order valence-corrected chi connectivity index (χ2v) is 4.16. The average Bonchev–Trinajstić information content (AvgIpc) is 2.44. The molecule has 1 rings (SSSR count). The Labute approximate surface area is 114 Å². The lowest BCUT2D eigenvalue weighted by molar-refractivity contribution is -0.118. The van der Waals surface area contributed by atoms with Gasteiger partial charge in [0.2, 0.25) is 5.91 Å². The molecular weight excluding hydrogens is 240 g/mol. The van der Waals surface area contributed by atoms with Crippen LogP contribution in [0.1, 0.15) is 19.3 Å². The van der Waals surface area contributed by atoms with Gasteiger partial charge in [0, 0.05) is 13.5 Å². The number of unbranched alkanes of at least 4 members (excludes halogenated alkanes) is 1. The third-order valence-corrected chi connectivity index (χ3v) is 2.76. The van der Waals surface area contributed by atoms with Crippen LogP contribution in [-0.2, 0) is 4.79 Å². The minimum Gasteiger partial charge on any atom is -0.479 e. The summed E-state index contributed by atoms with van der Waals surface area (Å²) < 4.78 is 5.43. The van der Waals surface area contributed by atoms with E-state index in [1.807, 2.05) is 18.2 Å². The number of hydrogen-bond donors (Lipinski definition) is 1. The number of anilines is 1. The van der Waals surface area contributed by atoms with Crippen LogP contribution in [0.25, 0.3) is 0 Å². The Morgan fingerprint density at radius 1 is 1.42 bits per heavy atom. The van der Waals surface area contributed by atoms with Crippen molar-refractivity contribution in [3.63, 3.8) is 0 Å². The molecule has 0 aliphatic rings. The first-order valence-corrected chi connectivity index (χ1v) is 6.32. The summed E-state index contributed by atoms with van der Waals surface area (Å²) in [4.78, 5) is 13.6. The van der Waals surface area contributed by atoms with Crippen LogP contribution >= 0.6 is 0 Å². The lowest BCUT2D eigenvalue weighted by Gasteiger charge is -2.20. The fourth-order valence-electron chi connectivity index (χ4n) is 1.70. The van der Waals surface area contributed by atoms with Crippen molar-refractivity contribution in [3.05, 3.63) is 24.3 Å². The maximum absolute atomic E-state index is 12.0. The number of nitrogens with zero attached hydrogens (tertiary/aromatic N) is 1. The van der Waals surface area contributed by atoms with Gasteiger partial charge in [-0.3, -0.25) is 4.79 Å². The van der Waals surface area contributed by atoms with Crippen LogP contribution in [0.4, 0.5) is 5.69 Å². The second kappa shape index (κ2) is 8.17. The Hall–Kier alpha value is -1.99. The molecule has 1 amide bonds. The first-order chi connectivity index (χ1) is 9.20. The molecule has 1 aromatic rings. The van der Waals surface area contributed by atoms with Crippen LogP contribution in [0.15, 0.2) is 24.3 Å². The van der Waals surface area contributed by atoms with Crippen LogP contribution in [0.2, 0.25) is 0 Å². The molecule has 19 heavy (non-hydrogen) atoms. The summed E-state index contributed by atoms with van der Waals surface area (Å²) in [6, 6.07) is 7.35. The molecule has 0 saturated carbocycles. The average molecular weight is 260 g/mol. The molecule has 0 fully saturated rings. The summed E-state index contributed by atoms with van der Waals surface area (Å²) in [5.74, 6) is 3.08. The van der Waals surface area contributed by atoms with Crippen LogP contribution < -0.4 is 15.4 Å². The summed E-state index contributed by atoms with van der Waals surface area (Å²) >= 11 is 0. The van der Waals surface area contributed by atoms with Crippen LogP contribution in [0.3, 0.4) is 0 Å². The Morgan fingerprint density at radius 2 is 2.16 bits per heavy atom. The van der Waals surface area contributed by atoms with Gasteiger partial charge >= 0.3 is 0 Å². The number of carbonyl (C=O) groups is 1. The van der Waals surface area contributed by atoms with E-state index in [1.165, 1.54) is 0 Å². The van der Waals surface area contributed by atoms with Gasteiger partial charge in [-0.1, -0.05) is 18.1 Å². The SMILES string of the molecule is C#CCOc1ccccc1N(C)C(=O)CCCCN. The Morgan fingerprint density at radius 3 is 2.84 bits per heavy atom. The van der Waals surface area contributed by atoms with Gasteiger partial charge in [0.15, 0.2) is 0 Å². The van der Waals surface area contributed by atoms with Gasteiger partial charge in [-0.25, -0.2) is 0 Å². The van der Waals surface area contributed by atoms with Crippen LogP contribution in [0.5, 0.6) is 5.75 Å². The molecule has 4 heteroatoms. The number of hydrogen-bond acceptors (Lipinski definition) is 3. The van der Waals surface area contributed by atoms with E-state index in [1.54, 1.807) is 18.0 Å². The highest BCUT2D eigenvalue weighted by molar-refractivity contribution is 5.94. The number of rotatable bonds is 7. The number of benzene rings is 1. The van der Waals surface area contributed by atoms with Gasteiger partial charge in [0.05, 0.1) is 5.69 Å². The predicted molar refractivity (Wildman–Crippen MR) is 77.1 cm³/mol. The molecule has 0 aliphatic heterocycles. The monoisotopic (exact) mass is 260 g/mol. The van der Waals surface area contributed by atoms with Gasteiger partial charge in [0.1, 0.15) is 12.4 Å². The number of carbonyl (C=O) groups excluding carboxylic acids is 1. The van der Waals surface area contributed by atoms with Gasteiger partial charge in [-0.05, 0) is 31.5 Å². The standard InChI is InChI=1S/C15H20N2O2/c1-3-12-19-14-9-5-4-8-13(14)17(2)15(18)10-6-7-11-16/h1,4-5,8-9H,6-7,10-12,16H2,2H3. The minimum absolute atomic E-state index is 0.0465. The maximum atomic E-state index is 12.0. The molecule has 0 bridgehead atoms. The third-order valence-electron chi connectivity index (χ3n) is 2.76. The highest BCUT2D eigenvalue weighted by Crippen LogP contribution is 2.27. The summed E-state index contributed by atoms with van der Waals surface area (Å²) in [6.07, 6.45) is 7.31. The van der Waals surface area contributed by atoms with E-state index >= 15 is 0 Å². The van der Waals surface area contributed by atoms with Crippen molar-refractivity contribution in [1.82, 2.24) is 0 Å². The van der Waals surface area contributed by atoms with E-state index in [0.717, 1.165) is 18.5 Å². The molecule has 1 aromatic carbocycles. The van der Waals surface area contributed by atoms with Gasteiger partial charge in [-0.2, -0.15) is 0 Å². The number of ether oxygens (including phenoxy) is 1. The normalized spacial score (nSPS) is 9.74. The van der Waals surface area contributed by atoms with Crippen molar-refractivity contribution in [3.8, 4) is 18.1 Å². The van der Waals surface area contributed by atoms with Crippen LogP contribution in [-0.4, -0.2) is 26.1 Å².